The first kappa shape index (κ1) is 45.8. The van der Waals surface area contributed by atoms with E-state index in [1.807, 2.05) is 6.92 Å². The number of rotatable bonds is 9. The number of carbonyl (C=O) groups excluding carboxylic acids is 1. The van der Waals surface area contributed by atoms with Crippen LogP contribution in [0.5, 0.6) is 0 Å². The van der Waals surface area contributed by atoms with Crippen LogP contribution in [0.4, 0.5) is 0 Å². The summed E-state index contributed by atoms with van der Waals surface area (Å²) in [4.78, 5) is 12.0. The summed E-state index contributed by atoms with van der Waals surface area (Å²) in [5.74, 6) is 1.10. The van der Waals surface area contributed by atoms with E-state index in [1.165, 1.54) is 0 Å². The third-order valence-electron chi connectivity index (χ3n) is 17.7. The molecule has 0 unspecified atom stereocenters. The first-order valence-corrected chi connectivity index (χ1v) is 24.0. The van der Waals surface area contributed by atoms with Crippen LogP contribution in [0, 0.1) is 34.5 Å². The van der Waals surface area contributed by atoms with E-state index in [2.05, 4.69) is 13.8 Å². The van der Waals surface area contributed by atoms with Crippen molar-refractivity contribution in [3.8, 4) is 0 Å². The molecule has 15 heteroatoms. The molecule has 0 aromatic carbocycles. The summed E-state index contributed by atoms with van der Waals surface area (Å²) in [6.07, 6.45) is 1.94. The van der Waals surface area contributed by atoms with Gasteiger partial charge in [-0.05, 0) is 127 Å². The average Bonchev–Trinajstić information content (AvgIpc) is 3.76. The highest BCUT2D eigenvalue weighted by Gasteiger charge is 2.68. The Balaban J connectivity index is 0.731. The molecule has 0 radical (unpaired) electrons. The Kier molecular flexibility index (Phi) is 13.1. The Bertz CT molecular complexity index is 1590. The van der Waals surface area contributed by atoms with Gasteiger partial charge >= 0.3 is 5.97 Å². The van der Waals surface area contributed by atoms with Crippen LogP contribution in [0.3, 0.4) is 0 Å². The standard InChI is InChI=1S/C47H74O15/c1-23-33(48)9-10-38(55-23)60-42-24(2)57-40(20-35(42)50)62-44-26(4)58-41(21-36(44)51)61-43-25(3)56-39(19-34(43)49)59-29-11-14-45(5)28(18-29)7-8-32-31(45)12-15-46(6)30(13-16-47(32,46)53)27-17-37(52)54-22-27/h17,23-26,28-36,38-44,48-51,53H,7-16,18-22H2,1-6H3/t23-,24+,25+,26+,28+,29-,30+,31-,32+,33+,34-,35-,36-,38-,39-,40-,41-,42+,43+,44+,45-,46+,47-/m0/s1. The molecule has 4 saturated carbocycles. The SMILES string of the molecule is C[C@@H]1O[C@@H](O[C@H]2[C@@H](O)C[C@H](O[C@H]3[C@@H](O)C[C@H](O[C@H]4[C@@H](O)C[C@H](O[C@H]5CC[C@@]6(C)[C@H](CC[C@@H]7[C@@H]6CC[C@]6(C)[C@@H](C8=CC(=O)OC8)CC[C@]76O)C5)O[C@@H]4C)O[C@@H]3C)O[C@@H]2C)CC[C@H]1O. The summed E-state index contributed by atoms with van der Waals surface area (Å²) in [5.41, 5.74) is 0.191. The van der Waals surface area contributed by atoms with E-state index in [0.29, 0.717) is 31.3 Å². The van der Waals surface area contributed by atoms with Crippen molar-refractivity contribution >= 4 is 5.97 Å². The van der Waals surface area contributed by atoms with E-state index in [9.17, 15) is 30.3 Å². The maximum atomic E-state index is 12.6. The van der Waals surface area contributed by atoms with Crippen molar-refractivity contribution in [2.45, 2.75) is 235 Å². The number of hydrogen-bond donors (Lipinski definition) is 5. The molecule has 0 bridgehead atoms. The Morgan fingerprint density at radius 1 is 0.581 bits per heavy atom. The highest BCUT2D eigenvalue weighted by Crippen LogP contribution is 2.70. The van der Waals surface area contributed by atoms with Crippen molar-refractivity contribution in [3.05, 3.63) is 11.6 Å². The van der Waals surface area contributed by atoms with Crippen molar-refractivity contribution in [2.24, 2.45) is 34.5 Å². The van der Waals surface area contributed by atoms with Gasteiger partial charge in [0, 0.05) is 37.2 Å². The predicted molar refractivity (Wildman–Crippen MR) is 220 cm³/mol. The van der Waals surface area contributed by atoms with Crippen LogP contribution >= 0.6 is 0 Å². The lowest BCUT2D eigenvalue weighted by atomic mass is 9.43. The quantitative estimate of drug-likeness (QED) is 0.163. The number of aliphatic hydroxyl groups excluding tert-OH is 4. The number of carbonyl (C=O) groups is 1. The first-order chi connectivity index (χ1) is 29.5. The van der Waals surface area contributed by atoms with Crippen molar-refractivity contribution in [2.75, 3.05) is 6.61 Å². The van der Waals surface area contributed by atoms with Crippen LogP contribution in [0.2, 0.25) is 0 Å². The fraction of sp³-hybridized carbons (Fsp3) is 0.936. The van der Waals surface area contributed by atoms with Gasteiger partial charge < -0.3 is 68.2 Å². The number of hydrogen-bond acceptors (Lipinski definition) is 15. The lowest BCUT2D eigenvalue weighted by Gasteiger charge is -2.64. The second-order valence-electron chi connectivity index (χ2n) is 21.3. The molecule has 0 aromatic heterocycles. The minimum atomic E-state index is -0.954. The Hall–Kier alpha value is -1.31. The molecular weight excluding hydrogens is 805 g/mol. The highest BCUT2D eigenvalue weighted by molar-refractivity contribution is 5.85. The van der Waals surface area contributed by atoms with Gasteiger partial charge in [-0.1, -0.05) is 13.8 Å². The number of esters is 1. The molecule has 5 aliphatic heterocycles. The third kappa shape index (κ3) is 8.38. The van der Waals surface area contributed by atoms with E-state index in [1.54, 1.807) is 26.8 Å². The molecule has 0 amide bonds. The minimum absolute atomic E-state index is 0.0149. The molecule has 5 heterocycles. The molecule has 4 saturated heterocycles. The zero-order valence-electron chi connectivity index (χ0n) is 37.5. The van der Waals surface area contributed by atoms with Gasteiger partial charge in [-0.2, -0.15) is 0 Å². The topological polar surface area (TPSA) is 201 Å². The summed E-state index contributed by atoms with van der Waals surface area (Å²) in [6, 6.07) is 0. The lowest BCUT2D eigenvalue weighted by Crippen LogP contribution is -2.62. The molecule has 5 N–H and O–H groups in total. The Labute approximate surface area is 366 Å². The van der Waals surface area contributed by atoms with Crippen molar-refractivity contribution in [3.63, 3.8) is 0 Å². The zero-order chi connectivity index (χ0) is 43.9. The van der Waals surface area contributed by atoms with Crippen molar-refractivity contribution in [1.82, 2.24) is 0 Å². The fourth-order valence-corrected chi connectivity index (χ4v) is 14.2. The van der Waals surface area contributed by atoms with Crippen LogP contribution in [0.15, 0.2) is 11.6 Å². The van der Waals surface area contributed by atoms with Crippen LogP contribution in [0.1, 0.15) is 131 Å². The van der Waals surface area contributed by atoms with Crippen LogP contribution in [-0.2, 0) is 47.4 Å². The van der Waals surface area contributed by atoms with Gasteiger partial charge in [-0.15, -0.1) is 0 Å². The summed E-state index contributed by atoms with van der Waals surface area (Å²) in [5, 5.41) is 56.3. The summed E-state index contributed by atoms with van der Waals surface area (Å²) in [6.45, 7) is 12.4. The van der Waals surface area contributed by atoms with E-state index < -0.39 is 91.8 Å². The van der Waals surface area contributed by atoms with Gasteiger partial charge in [-0.25, -0.2) is 4.79 Å². The van der Waals surface area contributed by atoms with E-state index in [4.69, 9.17) is 42.6 Å². The molecule has 352 valence electrons. The zero-order valence-corrected chi connectivity index (χ0v) is 37.5. The normalized spacial score (nSPS) is 54.5. The monoisotopic (exact) mass is 879 g/mol. The largest absolute Gasteiger partial charge is 0.458 e. The van der Waals surface area contributed by atoms with Crippen LogP contribution in [0.25, 0.3) is 0 Å². The minimum Gasteiger partial charge on any atom is -0.458 e. The molecule has 23 atom stereocenters. The number of fused-ring (bicyclic) bond motifs is 5. The van der Waals surface area contributed by atoms with Gasteiger partial charge in [0.25, 0.3) is 0 Å². The molecule has 15 nitrogen and oxygen atoms in total. The molecular formula is C47H74O15. The molecule has 62 heavy (non-hydrogen) atoms. The second kappa shape index (κ2) is 17.7. The highest BCUT2D eigenvalue weighted by atomic mass is 16.7. The van der Waals surface area contributed by atoms with Crippen molar-refractivity contribution < 1.29 is 73.0 Å². The number of aliphatic hydroxyl groups is 5. The van der Waals surface area contributed by atoms with E-state index in [0.717, 1.165) is 63.4 Å². The Morgan fingerprint density at radius 2 is 1.15 bits per heavy atom. The number of ether oxygens (including phenoxy) is 9. The van der Waals surface area contributed by atoms with Crippen LogP contribution < -0.4 is 0 Å². The fourth-order valence-electron chi connectivity index (χ4n) is 14.2. The first-order valence-electron chi connectivity index (χ1n) is 24.0. The predicted octanol–water partition coefficient (Wildman–Crippen LogP) is 4.16. The van der Waals surface area contributed by atoms with E-state index >= 15 is 0 Å². The van der Waals surface area contributed by atoms with Gasteiger partial charge in [0.05, 0.1) is 60.5 Å². The Morgan fingerprint density at radius 3 is 1.69 bits per heavy atom. The molecule has 0 spiro atoms. The number of cyclic esters (lactones) is 1. The average molecular weight is 879 g/mol. The third-order valence-corrected chi connectivity index (χ3v) is 17.7. The summed E-state index contributed by atoms with van der Waals surface area (Å²) >= 11 is 0. The molecule has 4 aliphatic carbocycles. The molecule has 8 fully saturated rings. The molecule has 0 aromatic rings. The maximum Gasteiger partial charge on any atom is 0.331 e. The maximum absolute atomic E-state index is 12.6. The molecule has 9 aliphatic rings. The van der Waals surface area contributed by atoms with Gasteiger partial charge in [0.2, 0.25) is 0 Å². The molecule has 9 rings (SSSR count). The smallest absolute Gasteiger partial charge is 0.331 e. The second-order valence-corrected chi connectivity index (χ2v) is 21.3. The van der Waals surface area contributed by atoms with Crippen LogP contribution in [-0.4, -0.2) is 142 Å². The lowest BCUT2D eigenvalue weighted by molar-refractivity contribution is -0.343. The van der Waals surface area contributed by atoms with Gasteiger partial charge in [-0.3, -0.25) is 0 Å². The van der Waals surface area contributed by atoms with E-state index in [-0.39, 0.29) is 60.1 Å². The summed E-state index contributed by atoms with van der Waals surface area (Å²) in [7, 11) is 0. The summed E-state index contributed by atoms with van der Waals surface area (Å²) < 4.78 is 54.9. The van der Waals surface area contributed by atoms with Gasteiger partial charge in [0.15, 0.2) is 25.2 Å². The van der Waals surface area contributed by atoms with Crippen molar-refractivity contribution in [1.29, 1.82) is 0 Å². The van der Waals surface area contributed by atoms with Gasteiger partial charge in [0.1, 0.15) is 24.9 Å².